The highest BCUT2D eigenvalue weighted by Gasteiger charge is 2.30. The number of carbonyl (C=O) groups excluding carboxylic acids is 1. The average molecular weight is 339 g/mol. The normalized spacial score (nSPS) is 17.4. The van der Waals surface area contributed by atoms with Gasteiger partial charge in [-0.05, 0) is 38.5 Å². The molecule has 1 aliphatic heterocycles. The van der Waals surface area contributed by atoms with Gasteiger partial charge in [-0.1, -0.05) is 0 Å². The molecule has 0 N–H and O–H groups in total. The molecule has 0 unspecified atom stereocenters. The predicted octanol–water partition coefficient (Wildman–Crippen LogP) is 2.42. The first-order valence-corrected chi connectivity index (χ1v) is 8.46. The summed E-state index contributed by atoms with van der Waals surface area (Å²) in [6.45, 7) is 6.00. The molecule has 0 aliphatic carbocycles. The van der Waals surface area contributed by atoms with Gasteiger partial charge in [-0.15, -0.1) is 0 Å². The SMILES string of the molecule is Cc1cc(C)n([C@@H]2CCN(C(=O)c3ccc(Cn4ccnc4)o3)C2)n1. The number of likely N-dealkylation sites (tertiary alicyclic amines) is 1. The highest BCUT2D eigenvalue weighted by Crippen LogP contribution is 2.25. The summed E-state index contributed by atoms with van der Waals surface area (Å²) in [5.74, 6) is 1.08. The number of rotatable bonds is 4. The molecule has 0 bridgehead atoms. The van der Waals surface area contributed by atoms with Gasteiger partial charge in [0, 0.05) is 31.2 Å². The highest BCUT2D eigenvalue weighted by atomic mass is 16.4. The number of carbonyl (C=O) groups is 1. The number of aryl methyl sites for hydroxylation is 2. The molecule has 1 aliphatic rings. The van der Waals surface area contributed by atoms with Crippen LogP contribution in [0.3, 0.4) is 0 Å². The quantitative estimate of drug-likeness (QED) is 0.732. The van der Waals surface area contributed by atoms with Crippen molar-refractivity contribution < 1.29 is 9.21 Å². The number of nitrogens with zero attached hydrogens (tertiary/aromatic N) is 5. The summed E-state index contributed by atoms with van der Waals surface area (Å²) in [7, 11) is 0. The van der Waals surface area contributed by atoms with Crippen LogP contribution in [0.1, 0.15) is 40.2 Å². The Bertz CT molecular complexity index is 877. The molecule has 25 heavy (non-hydrogen) atoms. The molecule has 4 heterocycles. The summed E-state index contributed by atoms with van der Waals surface area (Å²) in [6.07, 6.45) is 6.22. The molecular formula is C18H21N5O2. The Morgan fingerprint density at radius 3 is 2.96 bits per heavy atom. The minimum atomic E-state index is -0.0547. The second-order valence-corrected chi connectivity index (χ2v) is 6.57. The van der Waals surface area contributed by atoms with E-state index in [1.54, 1.807) is 18.6 Å². The van der Waals surface area contributed by atoms with E-state index in [2.05, 4.69) is 23.1 Å². The predicted molar refractivity (Wildman–Crippen MR) is 91.3 cm³/mol. The molecule has 130 valence electrons. The molecule has 1 saturated heterocycles. The van der Waals surface area contributed by atoms with E-state index in [1.807, 2.05) is 33.3 Å². The summed E-state index contributed by atoms with van der Waals surface area (Å²) in [4.78, 5) is 18.6. The van der Waals surface area contributed by atoms with Crippen LogP contribution in [0.5, 0.6) is 0 Å². The van der Waals surface area contributed by atoms with E-state index in [-0.39, 0.29) is 11.9 Å². The van der Waals surface area contributed by atoms with Crippen LogP contribution in [0, 0.1) is 13.8 Å². The number of aromatic nitrogens is 4. The largest absolute Gasteiger partial charge is 0.454 e. The standard InChI is InChI=1S/C18H21N5O2/c1-13-9-14(2)23(20-13)15-5-7-22(10-15)18(24)17-4-3-16(25-17)11-21-8-6-19-12-21/h3-4,6,8-9,12,15H,5,7,10-11H2,1-2H3/t15-/m1/s1. The maximum atomic E-state index is 12.7. The van der Waals surface area contributed by atoms with E-state index in [0.29, 0.717) is 18.8 Å². The summed E-state index contributed by atoms with van der Waals surface area (Å²) in [5.41, 5.74) is 2.15. The first kappa shape index (κ1) is 15.7. The minimum absolute atomic E-state index is 0.0547. The molecule has 0 radical (unpaired) electrons. The molecule has 1 atom stereocenters. The van der Waals surface area contributed by atoms with Crippen LogP contribution in [0.2, 0.25) is 0 Å². The summed E-state index contributed by atoms with van der Waals surface area (Å²) < 4.78 is 9.68. The molecule has 0 saturated carbocycles. The minimum Gasteiger partial charge on any atom is -0.454 e. The topological polar surface area (TPSA) is 69.1 Å². The lowest BCUT2D eigenvalue weighted by Crippen LogP contribution is -2.29. The van der Waals surface area contributed by atoms with Gasteiger partial charge in [-0.25, -0.2) is 4.98 Å². The molecule has 0 spiro atoms. The Labute approximate surface area is 145 Å². The third kappa shape index (κ3) is 3.09. The highest BCUT2D eigenvalue weighted by molar-refractivity contribution is 5.91. The van der Waals surface area contributed by atoms with Crippen molar-refractivity contribution in [3.8, 4) is 0 Å². The first-order chi connectivity index (χ1) is 12.1. The molecular weight excluding hydrogens is 318 g/mol. The fourth-order valence-electron chi connectivity index (χ4n) is 3.44. The van der Waals surface area contributed by atoms with E-state index < -0.39 is 0 Å². The molecule has 7 heteroatoms. The lowest BCUT2D eigenvalue weighted by molar-refractivity contribution is 0.0753. The summed E-state index contributed by atoms with van der Waals surface area (Å²) in [5, 5.41) is 4.55. The molecule has 4 rings (SSSR count). The Morgan fingerprint density at radius 2 is 2.24 bits per heavy atom. The van der Waals surface area contributed by atoms with E-state index >= 15 is 0 Å². The molecule has 3 aromatic heterocycles. The van der Waals surface area contributed by atoms with Crippen LogP contribution in [-0.2, 0) is 6.54 Å². The van der Waals surface area contributed by atoms with Crippen molar-refractivity contribution in [2.24, 2.45) is 0 Å². The van der Waals surface area contributed by atoms with Crippen LogP contribution >= 0.6 is 0 Å². The van der Waals surface area contributed by atoms with Gasteiger partial charge in [0.2, 0.25) is 0 Å². The smallest absolute Gasteiger partial charge is 0.289 e. The molecule has 7 nitrogen and oxygen atoms in total. The van der Waals surface area contributed by atoms with Gasteiger partial charge in [0.1, 0.15) is 5.76 Å². The first-order valence-electron chi connectivity index (χ1n) is 8.46. The zero-order valence-corrected chi connectivity index (χ0v) is 14.4. The third-order valence-electron chi connectivity index (χ3n) is 4.61. The van der Waals surface area contributed by atoms with Gasteiger partial charge in [0.05, 0.1) is 24.6 Å². The molecule has 3 aromatic rings. The Balaban J connectivity index is 1.43. The maximum absolute atomic E-state index is 12.7. The Kier molecular flexibility index (Phi) is 3.91. The van der Waals surface area contributed by atoms with E-state index in [1.165, 1.54) is 0 Å². The van der Waals surface area contributed by atoms with E-state index in [0.717, 1.165) is 30.1 Å². The molecule has 1 fully saturated rings. The van der Waals surface area contributed by atoms with Crippen LogP contribution < -0.4 is 0 Å². The zero-order chi connectivity index (χ0) is 17.4. The fraction of sp³-hybridized carbons (Fsp3) is 0.389. The van der Waals surface area contributed by atoms with Crippen LogP contribution in [0.25, 0.3) is 0 Å². The van der Waals surface area contributed by atoms with Crippen molar-refractivity contribution in [2.45, 2.75) is 32.9 Å². The van der Waals surface area contributed by atoms with Crippen molar-refractivity contribution in [1.29, 1.82) is 0 Å². The van der Waals surface area contributed by atoms with Gasteiger partial charge in [-0.3, -0.25) is 9.48 Å². The van der Waals surface area contributed by atoms with Gasteiger partial charge in [0.15, 0.2) is 5.76 Å². The third-order valence-corrected chi connectivity index (χ3v) is 4.61. The van der Waals surface area contributed by atoms with Crippen molar-refractivity contribution in [2.75, 3.05) is 13.1 Å². The van der Waals surface area contributed by atoms with Gasteiger partial charge < -0.3 is 13.9 Å². The Morgan fingerprint density at radius 1 is 1.36 bits per heavy atom. The van der Waals surface area contributed by atoms with Crippen molar-refractivity contribution >= 4 is 5.91 Å². The number of furan rings is 1. The van der Waals surface area contributed by atoms with E-state index in [9.17, 15) is 4.79 Å². The van der Waals surface area contributed by atoms with Crippen molar-refractivity contribution in [3.63, 3.8) is 0 Å². The second kappa shape index (κ2) is 6.23. The molecule has 0 aromatic carbocycles. The van der Waals surface area contributed by atoms with Gasteiger partial charge >= 0.3 is 0 Å². The zero-order valence-electron chi connectivity index (χ0n) is 14.4. The van der Waals surface area contributed by atoms with Crippen LogP contribution in [-0.4, -0.2) is 43.2 Å². The van der Waals surface area contributed by atoms with Crippen LogP contribution in [0.4, 0.5) is 0 Å². The number of imidazole rings is 1. The second-order valence-electron chi connectivity index (χ2n) is 6.57. The lowest BCUT2D eigenvalue weighted by atomic mass is 10.2. The number of hydrogen-bond acceptors (Lipinski definition) is 4. The van der Waals surface area contributed by atoms with Crippen LogP contribution in [0.15, 0.2) is 41.3 Å². The van der Waals surface area contributed by atoms with Gasteiger partial charge in [0.25, 0.3) is 5.91 Å². The average Bonchev–Trinajstić information content (AvgIpc) is 3.35. The summed E-state index contributed by atoms with van der Waals surface area (Å²) in [6, 6.07) is 5.91. The summed E-state index contributed by atoms with van der Waals surface area (Å²) >= 11 is 0. The number of amides is 1. The van der Waals surface area contributed by atoms with Crippen molar-refractivity contribution in [3.05, 3.63) is 59.8 Å². The maximum Gasteiger partial charge on any atom is 0.289 e. The van der Waals surface area contributed by atoms with E-state index in [4.69, 9.17) is 4.42 Å². The molecule has 1 amide bonds. The fourth-order valence-corrected chi connectivity index (χ4v) is 3.44. The van der Waals surface area contributed by atoms with Crippen molar-refractivity contribution in [1.82, 2.24) is 24.2 Å². The van der Waals surface area contributed by atoms with Gasteiger partial charge in [-0.2, -0.15) is 5.10 Å². The Hall–Kier alpha value is -2.83. The number of hydrogen-bond donors (Lipinski definition) is 0. The monoisotopic (exact) mass is 339 g/mol. The lowest BCUT2D eigenvalue weighted by Gasteiger charge is -2.16.